The monoisotopic (exact) mass is 377 g/mol. The van der Waals surface area contributed by atoms with Crippen molar-refractivity contribution in [3.05, 3.63) is 29.8 Å². The second-order valence-corrected chi connectivity index (χ2v) is 6.71. The molecule has 1 aromatic rings. The molecule has 8 heteroatoms. The van der Waals surface area contributed by atoms with Crippen LogP contribution in [0, 0.1) is 17.1 Å². The molecule has 1 aromatic heterocycles. The van der Waals surface area contributed by atoms with E-state index in [1.807, 2.05) is 13.8 Å². The lowest BCUT2D eigenvalue weighted by molar-refractivity contribution is 0.171. The molecule has 0 radical (unpaired) electrons. The quantitative estimate of drug-likeness (QED) is 0.431. The van der Waals surface area contributed by atoms with Crippen molar-refractivity contribution >= 4 is 17.5 Å². The number of carbonyl (C=O) groups excluding carboxylic acids is 1. The molecule has 148 valence electrons. The van der Waals surface area contributed by atoms with E-state index in [-0.39, 0.29) is 17.7 Å². The number of carbonyl (C=O) groups is 1. The fraction of sp³-hybridized carbons (Fsp3) is 0.579. The molecule has 1 amide bonds. The normalized spacial score (nSPS) is 16.5. The summed E-state index contributed by atoms with van der Waals surface area (Å²) >= 11 is 0. The number of halogens is 1. The van der Waals surface area contributed by atoms with Gasteiger partial charge in [-0.15, -0.1) is 0 Å². The van der Waals surface area contributed by atoms with E-state index in [0.29, 0.717) is 37.0 Å². The van der Waals surface area contributed by atoms with Crippen LogP contribution in [0.4, 0.5) is 9.18 Å². The lowest BCUT2D eigenvalue weighted by Crippen LogP contribution is -2.40. The minimum Gasteiger partial charge on any atom is -0.453 e. The van der Waals surface area contributed by atoms with Crippen molar-refractivity contribution in [2.45, 2.75) is 45.2 Å². The van der Waals surface area contributed by atoms with Crippen LogP contribution in [0.2, 0.25) is 0 Å². The number of aromatic nitrogens is 1. The Bertz CT molecular complexity index is 690. The van der Waals surface area contributed by atoms with E-state index in [1.54, 1.807) is 0 Å². The number of pyridine rings is 1. The first-order valence-electron chi connectivity index (χ1n) is 9.25. The Hall–Kier alpha value is -2.35. The van der Waals surface area contributed by atoms with Crippen molar-refractivity contribution in [3.63, 3.8) is 0 Å². The lowest BCUT2D eigenvalue weighted by atomic mass is 9.92. The van der Waals surface area contributed by atoms with Gasteiger partial charge in [-0.1, -0.05) is 6.92 Å². The molecule has 2 atom stereocenters. The van der Waals surface area contributed by atoms with Crippen LogP contribution in [0.25, 0.3) is 0 Å². The highest BCUT2D eigenvalue weighted by molar-refractivity contribution is 6.14. The topological polar surface area (TPSA) is 99.5 Å². The Balaban J connectivity index is 2.08. The molecule has 0 aliphatic heterocycles. The first-order chi connectivity index (χ1) is 12.9. The first kappa shape index (κ1) is 21.0. The highest BCUT2D eigenvalue weighted by Crippen LogP contribution is 2.21. The highest BCUT2D eigenvalue weighted by Gasteiger charge is 2.29. The van der Waals surface area contributed by atoms with Crippen LogP contribution in [0.3, 0.4) is 0 Å². The number of nitrogens with zero attached hydrogens (tertiary/aromatic N) is 2. The molecule has 0 aromatic carbocycles. The van der Waals surface area contributed by atoms with Gasteiger partial charge in [-0.05, 0) is 38.3 Å². The van der Waals surface area contributed by atoms with Gasteiger partial charge in [0.25, 0.3) is 0 Å². The van der Waals surface area contributed by atoms with Gasteiger partial charge in [-0.25, -0.2) is 9.18 Å². The maximum atomic E-state index is 14.3. The van der Waals surface area contributed by atoms with Crippen molar-refractivity contribution < 1.29 is 13.9 Å². The Kier molecular flexibility index (Phi) is 7.84. The van der Waals surface area contributed by atoms with E-state index < -0.39 is 11.9 Å². The zero-order valence-electron chi connectivity index (χ0n) is 16.1. The molecular formula is C19H28FN5O2. The standard InChI is InChI=1S/C19H28FN5O2/c1-12(16(21)13(2)25-14-7-8-14)17(18-15(20)6-4-9-23-18)22-10-5-11-24-19(26)27-3/h4,6,9,12-14,21,25H,5,7-8,10-11H2,1-3H3,(H,24,26). The Morgan fingerprint density at radius 1 is 1.48 bits per heavy atom. The van der Waals surface area contributed by atoms with Gasteiger partial charge >= 0.3 is 6.09 Å². The summed E-state index contributed by atoms with van der Waals surface area (Å²) in [6.07, 6.45) is 3.87. The molecule has 2 unspecified atom stereocenters. The number of rotatable bonds is 10. The number of ether oxygens (including phenoxy) is 1. The molecular weight excluding hydrogens is 349 g/mol. The van der Waals surface area contributed by atoms with E-state index in [0.717, 1.165) is 12.8 Å². The van der Waals surface area contributed by atoms with Crippen LogP contribution >= 0.6 is 0 Å². The number of nitrogens with one attached hydrogen (secondary N) is 3. The van der Waals surface area contributed by atoms with E-state index in [2.05, 4.69) is 25.3 Å². The van der Waals surface area contributed by atoms with Crippen LogP contribution in [-0.2, 0) is 4.74 Å². The summed E-state index contributed by atoms with van der Waals surface area (Å²) in [5.41, 5.74) is 1.09. The summed E-state index contributed by atoms with van der Waals surface area (Å²) in [6, 6.07) is 3.25. The van der Waals surface area contributed by atoms with E-state index in [4.69, 9.17) is 5.41 Å². The summed E-state index contributed by atoms with van der Waals surface area (Å²) in [4.78, 5) is 19.7. The average molecular weight is 377 g/mol. The molecule has 0 spiro atoms. The molecule has 1 fully saturated rings. The van der Waals surface area contributed by atoms with Crippen molar-refractivity contribution in [1.82, 2.24) is 15.6 Å². The molecule has 1 saturated carbocycles. The zero-order valence-corrected chi connectivity index (χ0v) is 16.1. The van der Waals surface area contributed by atoms with Gasteiger partial charge in [-0.3, -0.25) is 9.98 Å². The molecule has 3 N–H and O–H groups in total. The van der Waals surface area contributed by atoms with Gasteiger partial charge < -0.3 is 20.8 Å². The lowest BCUT2D eigenvalue weighted by Gasteiger charge is -2.22. The van der Waals surface area contributed by atoms with Crippen molar-refractivity contribution in [2.24, 2.45) is 10.9 Å². The SMILES string of the molecule is COC(=O)NCCCN=C(c1ncccc1F)C(C)C(=N)C(C)NC1CC1. The smallest absolute Gasteiger partial charge is 0.406 e. The maximum Gasteiger partial charge on any atom is 0.406 e. The van der Waals surface area contributed by atoms with Crippen LogP contribution in [-0.4, -0.2) is 54.8 Å². The Morgan fingerprint density at radius 3 is 2.85 bits per heavy atom. The predicted molar refractivity (Wildman–Crippen MR) is 103 cm³/mol. The summed E-state index contributed by atoms with van der Waals surface area (Å²) in [5.74, 6) is -0.824. The largest absolute Gasteiger partial charge is 0.453 e. The second kappa shape index (κ2) is 10.1. The van der Waals surface area contributed by atoms with Crippen molar-refractivity contribution in [2.75, 3.05) is 20.2 Å². The minimum absolute atomic E-state index is 0.106. The Labute approximate surface area is 159 Å². The van der Waals surface area contributed by atoms with Crippen molar-refractivity contribution in [1.29, 1.82) is 5.41 Å². The third kappa shape index (κ3) is 6.39. The summed E-state index contributed by atoms with van der Waals surface area (Å²) in [6.45, 7) is 4.59. The highest BCUT2D eigenvalue weighted by atomic mass is 19.1. The minimum atomic E-state index is -0.495. The third-order valence-electron chi connectivity index (χ3n) is 4.48. The molecule has 1 aliphatic rings. The molecule has 0 bridgehead atoms. The van der Waals surface area contributed by atoms with Gasteiger partial charge in [0.2, 0.25) is 0 Å². The molecule has 1 aliphatic carbocycles. The van der Waals surface area contributed by atoms with E-state index in [9.17, 15) is 9.18 Å². The van der Waals surface area contributed by atoms with Gasteiger partial charge in [0.15, 0.2) is 5.82 Å². The van der Waals surface area contributed by atoms with Gasteiger partial charge in [-0.2, -0.15) is 0 Å². The fourth-order valence-electron chi connectivity index (χ4n) is 2.75. The van der Waals surface area contributed by atoms with Crippen LogP contribution < -0.4 is 10.6 Å². The second-order valence-electron chi connectivity index (χ2n) is 6.71. The molecule has 27 heavy (non-hydrogen) atoms. The Morgan fingerprint density at radius 2 is 2.22 bits per heavy atom. The molecule has 0 saturated heterocycles. The van der Waals surface area contributed by atoms with Crippen molar-refractivity contribution in [3.8, 4) is 0 Å². The summed E-state index contributed by atoms with van der Waals surface area (Å²) < 4.78 is 18.8. The number of methoxy groups -OCH3 is 1. The molecule has 2 rings (SSSR count). The van der Waals surface area contributed by atoms with E-state index >= 15 is 0 Å². The maximum absolute atomic E-state index is 14.3. The van der Waals surface area contributed by atoms with E-state index in [1.165, 1.54) is 25.4 Å². The molecule has 7 nitrogen and oxygen atoms in total. The number of hydrogen-bond acceptors (Lipinski definition) is 6. The third-order valence-corrected chi connectivity index (χ3v) is 4.48. The first-order valence-corrected chi connectivity index (χ1v) is 9.25. The number of aliphatic imine (C=N–C) groups is 1. The van der Waals surface area contributed by atoms with Gasteiger partial charge in [0.05, 0.1) is 12.8 Å². The summed E-state index contributed by atoms with van der Waals surface area (Å²) in [5, 5.41) is 14.5. The van der Waals surface area contributed by atoms with Crippen LogP contribution in [0.5, 0.6) is 0 Å². The van der Waals surface area contributed by atoms with Crippen LogP contribution in [0.1, 0.15) is 38.8 Å². The number of amides is 1. The molecule has 1 heterocycles. The number of hydrogen-bond donors (Lipinski definition) is 3. The fourth-order valence-corrected chi connectivity index (χ4v) is 2.75. The average Bonchev–Trinajstić information content (AvgIpc) is 3.48. The van der Waals surface area contributed by atoms with Gasteiger partial charge in [0.1, 0.15) is 5.69 Å². The van der Waals surface area contributed by atoms with Crippen LogP contribution in [0.15, 0.2) is 23.3 Å². The number of alkyl carbamates (subject to hydrolysis) is 1. The predicted octanol–water partition coefficient (Wildman–Crippen LogP) is 2.55. The van der Waals surface area contributed by atoms with Gasteiger partial charge in [0, 0.05) is 43.0 Å². The summed E-state index contributed by atoms with van der Waals surface area (Å²) in [7, 11) is 1.31. The zero-order chi connectivity index (χ0) is 19.8.